The second-order valence-electron chi connectivity index (χ2n) is 13.7. The fraction of sp³-hybridized carbons (Fsp3) is 0.500. The van der Waals surface area contributed by atoms with Crippen molar-refractivity contribution in [2.45, 2.75) is 65.6 Å². The van der Waals surface area contributed by atoms with E-state index in [0.29, 0.717) is 58.8 Å². The lowest BCUT2D eigenvalue weighted by molar-refractivity contribution is -0.108. The van der Waals surface area contributed by atoms with Crippen LogP contribution >= 0.6 is 0 Å². The van der Waals surface area contributed by atoms with Crippen LogP contribution in [0.2, 0.25) is 0 Å². The molecule has 5 atom stereocenters. The number of nitrogens with zero attached hydrogens (tertiary/aromatic N) is 6. The zero-order valence-corrected chi connectivity index (χ0v) is 26.4. The van der Waals surface area contributed by atoms with Crippen molar-refractivity contribution in [1.29, 1.82) is 0 Å². The van der Waals surface area contributed by atoms with Crippen molar-refractivity contribution < 1.29 is 4.39 Å². The van der Waals surface area contributed by atoms with Gasteiger partial charge in [0.2, 0.25) is 0 Å². The van der Waals surface area contributed by atoms with E-state index in [9.17, 15) is 9.18 Å². The normalized spacial score (nSPS) is 26.1. The van der Waals surface area contributed by atoms with Crippen LogP contribution in [0.25, 0.3) is 22.6 Å². The molecule has 1 aliphatic heterocycles. The van der Waals surface area contributed by atoms with E-state index in [1.165, 1.54) is 24.9 Å². The number of rotatable bonds is 6. The lowest BCUT2D eigenvalue weighted by Gasteiger charge is -2.61. The van der Waals surface area contributed by atoms with E-state index in [4.69, 9.17) is 9.98 Å². The average molecular weight is 612 g/mol. The maximum absolute atomic E-state index is 13.9. The van der Waals surface area contributed by atoms with Crippen molar-refractivity contribution in [2.75, 3.05) is 25.0 Å². The standard InChI is InChI=1S/C34H42FN9O/c1-20-18-43(14-12-36-20)33(41-28-16-23-15-27(21(28)2)34(23,3)4)39-25-9-10-26-29(17-25)40-31(30-37-19-38-42-30)44(32(26)45)13-11-22-5-7-24(35)8-6-22/h5-10,17,19-21,23,27-28,36H,11-16,18H2,1-4H3,(H,39,41)(H,37,38,42)/t20-,21-,23-,27+,28-/m0/s1. The molecule has 4 aromatic rings. The van der Waals surface area contributed by atoms with Gasteiger partial charge in [0.1, 0.15) is 12.1 Å². The predicted molar refractivity (Wildman–Crippen MR) is 175 cm³/mol. The van der Waals surface area contributed by atoms with Gasteiger partial charge in [0.15, 0.2) is 17.6 Å². The number of aromatic amines is 1. The quantitative estimate of drug-likeness (QED) is 0.214. The molecule has 3 heterocycles. The first kappa shape index (κ1) is 29.6. The number of hydrogen-bond acceptors (Lipinski definition) is 6. The molecule has 11 heteroatoms. The highest BCUT2D eigenvalue weighted by molar-refractivity contribution is 5.96. The van der Waals surface area contributed by atoms with E-state index >= 15 is 0 Å². The molecule has 10 nitrogen and oxygen atoms in total. The van der Waals surface area contributed by atoms with Gasteiger partial charge in [-0.05, 0) is 85.3 Å². The molecule has 0 unspecified atom stereocenters. The number of fused-ring (bicyclic) bond motifs is 3. The number of benzene rings is 2. The van der Waals surface area contributed by atoms with Crippen LogP contribution in [0.1, 0.15) is 46.1 Å². The number of hydrogen-bond donors (Lipinski definition) is 3. The number of halogens is 1. The Morgan fingerprint density at radius 2 is 1.98 bits per heavy atom. The van der Waals surface area contributed by atoms with Gasteiger partial charge in [0.05, 0.1) is 16.9 Å². The van der Waals surface area contributed by atoms with Crippen molar-refractivity contribution in [3.63, 3.8) is 0 Å². The maximum Gasteiger partial charge on any atom is 0.261 e. The highest BCUT2D eigenvalue weighted by atomic mass is 19.1. The molecule has 0 spiro atoms. The summed E-state index contributed by atoms with van der Waals surface area (Å²) in [5, 5.41) is 14.6. The molecule has 4 aliphatic rings. The van der Waals surface area contributed by atoms with Gasteiger partial charge in [-0.2, -0.15) is 5.10 Å². The minimum atomic E-state index is -0.288. The highest BCUT2D eigenvalue weighted by Crippen LogP contribution is 2.61. The average Bonchev–Trinajstić information content (AvgIpc) is 3.56. The van der Waals surface area contributed by atoms with Gasteiger partial charge in [-0.3, -0.25) is 14.5 Å². The Balaban J connectivity index is 1.22. The summed E-state index contributed by atoms with van der Waals surface area (Å²) < 4.78 is 15.1. The fourth-order valence-corrected chi connectivity index (χ4v) is 7.79. The minimum Gasteiger partial charge on any atom is -0.340 e. The third-order valence-electron chi connectivity index (χ3n) is 10.6. The van der Waals surface area contributed by atoms with E-state index < -0.39 is 0 Å². The van der Waals surface area contributed by atoms with Crippen LogP contribution in [0, 0.1) is 29.0 Å². The third kappa shape index (κ3) is 5.62. The molecule has 2 aromatic heterocycles. The van der Waals surface area contributed by atoms with E-state index in [-0.39, 0.29) is 17.4 Å². The minimum absolute atomic E-state index is 0.164. The Bertz CT molecular complexity index is 1760. The van der Waals surface area contributed by atoms with Gasteiger partial charge in [-0.15, -0.1) is 0 Å². The Labute approximate surface area is 262 Å². The summed E-state index contributed by atoms with van der Waals surface area (Å²) in [5.74, 6) is 3.38. The number of aryl methyl sites for hydroxylation is 1. The van der Waals surface area contributed by atoms with Gasteiger partial charge >= 0.3 is 0 Å². The molecular weight excluding hydrogens is 569 g/mol. The Hall–Kier alpha value is -4.12. The Morgan fingerprint density at radius 3 is 2.69 bits per heavy atom. The number of aromatic nitrogens is 5. The van der Waals surface area contributed by atoms with Gasteiger partial charge in [-0.1, -0.05) is 32.9 Å². The SMILES string of the molecule is C[C@@H]1[C@@H](N=C(Nc2ccc3c(=O)n(CCc4ccc(F)cc4)c(-c4ncn[nH]4)nc3c2)N2CCN[C@@H](C)C2)C[C@@H]2C[C@H]1C2(C)C. The van der Waals surface area contributed by atoms with E-state index in [0.717, 1.165) is 49.2 Å². The number of guanidine groups is 1. The monoisotopic (exact) mass is 611 g/mol. The summed E-state index contributed by atoms with van der Waals surface area (Å²) >= 11 is 0. The lowest BCUT2D eigenvalue weighted by Crippen LogP contribution is -2.57. The number of aliphatic imine (C=N–C) groups is 1. The van der Waals surface area contributed by atoms with Gasteiger partial charge in [0.25, 0.3) is 5.56 Å². The molecule has 2 aromatic carbocycles. The van der Waals surface area contributed by atoms with Crippen LogP contribution in [0.4, 0.5) is 10.1 Å². The summed E-state index contributed by atoms with van der Waals surface area (Å²) in [6.07, 6.45) is 4.38. The molecule has 0 amide bonds. The number of nitrogens with one attached hydrogen (secondary N) is 3. The molecule has 0 radical (unpaired) electrons. The van der Waals surface area contributed by atoms with Crippen LogP contribution in [-0.2, 0) is 13.0 Å². The molecule has 2 bridgehead atoms. The van der Waals surface area contributed by atoms with Gasteiger partial charge in [0, 0.05) is 37.9 Å². The summed E-state index contributed by atoms with van der Waals surface area (Å²) in [6, 6.07) is 12.7. The zero-order chi connectivity index (χ0) is 31.3. The van der Waals surface area contributed by atoms with Crippen molar-refractivity contribution in [3.05, 3.63) is 70.5 Å². The van der Waals surface area contributed by atoms with E-state index in [1.54, 1.807) is 16.7 Å². The van der Waals surface area contributed by atoms with Crippen LogP contribution in [0.15, 0.2) is 58.6 Å². The number of anilines is 1. The topological polar surface area (TPSA) is 116 Å². The molecule has 236 valence electrons. The second-order valence-corrected chi connectivity index (χ2v) is 13.7. The molecule has 4 fully saturated rings. The molecule has 45 heavy (non-hydrogen) atoms. The summed E-state index contributed by atoms with van der Waals surface area (Å²) in [5.41, 5.74) is 2.56. The summed E-state index contributed by atoms with van der Waals surface area (Å²) in [7, 11) is 0. The van der Waals surface area contributed by atoms with Gasteiger partial charge < -0.3 is 15.5 Å². The van der Waals surface area contributed by atoms with E-state index in [1.807, 2.05) is 18.2 Å². The molecular formula is C34H42FN9O. The molecule has 8 rings (SSSR count). The largest absolute Gasteiger partial charge is 0.340 e. The summed E-state index contributed by atoms with van der Waals surface area (Å²) in [6.45, 7) is 12.4. The predicted octanol–water partition coefficient (Wildman–Crippen LogP) is 4.70. The molecule has 3 N–H and O–H groups in total. The highest BCUT2D eigenvalue weighted by Gasteiger charge is 2.56. The van der Waals surface area contributed by atoms with Crippen molar-refractivity contribution in [2.24, 2.45) is 28.2 Å². The first-order valence-electron chi connectivity index (χ1n) is 16.2. The zero-order valence-electron chi connectivity index (χ0n) is 26.4. The van der Waals surface area contributed by atoms with E-state index in [2.05, 4.69) is 58.4 Å². The first-order chi connectivity index (χ1) is 21.7. The fourth-order valence-electron chi connectivity index (χ4n) is 7.79. The molecule has 3 aliphatic carbocycles. The smallest absolute Gasteiger partial charge is 0.261 e. The first-order valence-corrected chi connectivity index (χ1v) is 16.2. The maximum atomic E-state index is 13.9. The van der Waals surface area contributed by atoms with Gasteiger partial charge in [-0.25, -0.2) is 19.4 Å². The third-order valence-corrected chi connectivity index (χ3v) is 10.6. The summed E-state index contributed by atoms with van der Waals surface area (Å²) in [4.78, 5) is 30.9. The van der Waals surface area contributed by atoms with Crippen molar-refractivity contribution >= 4 is 22.5 Å². The van der Waals surface area contributed by atoms with Crippen LogP contribution in [0.5, 0.6) is 0 Å². The molecule has 3 saturated carbocycles. The van der Waals surface area contributed by atoms with Crippen molar-refractivity contribution in [3.8, 4) is 11.6 Å². The number of piperazine rings is 1. The Kier molecular flexibility index (Phi) is 7.67. The number of H-pyrrole nitrogens is 1. The van der Waals surface area contributed by atoms with Crippen molar-refractivity contribution in [1.82, 2.24) is 34.9 Å². The van der Waals surface area contributed by atoms with Crippen LogP contribution < -0.4 is 16.2 Å². The molecule has 1 saturated heterocycles. The lowest BCUT2D eigenvalue weighted by atomic mass is 9.45. The van der Waals surface area contributed by atoms with Crippen LogP contribution in [-0.4, -0.2) is 67.3 Å². The second kappa shape index (κ2) is 11.7. The Morgan fingerprint density at radius 1 is 1.16 bits per heavy atom. The van der Waals surface area contributed by atoms with Crippen LogP contribution in [0.3, 0.4) is 0 Å².